The van der Waals surface area contributed by atoms with Gasteiger partial charge in [-0.2, -0.15) is 5.26 Å². The fraction of sp³-hybridized carbons (Fsp3) is 0.167. The van der Waals surface area contributed by atoms with Crippen molar-refractivity contribution in [3.63, 3.8) is 0 Å². The Morgan fingerprint density at radius 3 is 2.45 bits per heavy atom. The van der Waals surface area contributed by atoms with Gasteiger partial charge in [-0.3, -0.25) is 0 Å². The summed E-state index contributed by atoms with van der Waals surface area (Å²) in [5, 5.41) is 9.53. The van der Waals surface area contributed by atoms with Crippen molar-refractivity contribution < 1.29 is 4.74 Å². The Morgan fingerprint density at radius 2 is 1.77 bits per heavy atom. The maximum atomic E-state index is 9.53. The summed E-state index contributed by atoms with van der Waals surface area (Å²) in [5.74, 6) is 0.530. The molecule has 0 aliphatic carbocycles. The molecule has 1 atom stereocenters. The van der Waals surface area contributed by atoms with Gasteiger partial charge in [0, 0.05) is 17.3 Å². The topological polar surface area (TPSA) is 85.1 Å². The largest absolute Gasteiger partial charge is 0.440 e. The summed E-state index contributed by atoms with van der Waals surface area (Å²) in [6, 6.07) is 13.8. The number of nitrogens with zero attached hydrogens (tertiary/aromatic N) is 1. The van der Waals surface area contributed by atoms with Crippen molar-refractivity contribution in [2.75, 3.05) is 5.73 Å². The number of nitriles is 1. The number of fused-ring (bicyclic) bond motifs is 1. The number of rotatable bonds is 1. The number of hydrogen-bond donors (Lipinski definition) is 2. The number of hydrogen-bond acceptors (Lipinski definition) is 4. The molecule has 2 aromatic rings. The summed E-state index contributed by atoms with van der Waals surface area (Å²) in [7, 11) is 0. The molecule has 2 aromatic carbocycles. The monoisotopic (exact) mass is 291 g/mol. The Morgan fingerprint density at radius 1 is 1.05 bits per heavy atom. The highest BCUT2D eigenvalue weighted by atomic mass is 16.5. The molecule has 0 aromatic heterocycles. The van der Waals surface area contributed by atoms with Gasteiger partial charge in [0.1, 0.15) is 17.4 Å². The minimum atomic E-state index is -0.227. The van der Waals surface area contributed by atoms with Gasteiger partial charge >= 0.3 is 0 Å². The minimum absolute atomic E-state index is 0.144. The van der Waals surface area contributed by atoms with Crippen LogP contribution in [0.4, 0.5) is 5.69 Å². The van der Waals surface area contributed by atoms with Crippen molar-refractivity contribution in [3.8, 4) is 11.8 Å². The predicted molar refractivity (Wildman–Crippen MR) is 86.1 cm³/mol. The molecule has 1 heterocycles. The Labute approximate surface area is 129 Å². The van der Waals surface area contributed by atoms with E-state index in [0.29, 0.717) is 17.0 Å². The Bertz CT molecular complexity index is 831. The van der Waals surface area contributed by atoms with Gasteiger partial charge < -0.3 is 16.2 Å². The summed E-state index contributed by atoms with van der Waals surface area (Å²) in [4.78, 5) is 0. The first-order valence-electron chi connectivity index (χ1n) is 7.05. The summed E-state index contributed by atoms with van der Waals surface area (Å²) in [6.07, 6.45) is 0. The lowest BCUT2D eigenvalue weighted by atomic mass is 9.81. The van der Waals surface area contributed by atoms with E-state index in [-0.39, 0.29) is 11.8 Å². The first-order valence-corrected chi connectivity index (χ1v) is 7.05. The maximum Gasteiger partial charge on any atom is 0.205 e. The Kier molecular flexibility index (Phi) is 3.26. The highest BCUT2D eigenvalue weighted by molar-refractivity contribution is 5.60. The molecule has 110 valence electrons. The second-order valence-corrected chi connectivity index (χ2v) is 5.58. The third-order valence-corrected chi connectivity index (χ3v) is 3.98. The number of nitrogen functional groups attached to an aromatic ring is 1. The van der Waals surface area contributed by atoms with Gasteiger partial charge in [-0.15, -0.1) is 0 Å². The number of allylic oxidation sites excluding steroid dienone is 1. The zero-order valence-corrected chi connectivity index (χ0v) is 12.6. The van der Waals surface area contributed by atoms with E-state index in [1.165, 1.54) is 5.56 Å². The third kappa shape index (κ3) is 2.17. The molecule has 0 saturated carbocycles. The number of nitrogens with two attached hydrogens (primary N) is 2. The molecule has 4 heteroatoms. The number of benzene rings is 2. The fourth-order valence-corrected chi connectivity index (χ4v) is 2.94. The van der Waals surface area contributed by atoms with Crippen LogP contribution in [0.15, 0.2) is 47.9 Å². The molecule has 4 nitrogen and oxygen atoms in total. The molecule has 4 N–H and O–H groups in total. The molecule has 0 radical (unpaired) electrons. The highest BCUT2D eigenvalue weighted by Gasteiger charge is 2.31. The quantitative estimate of drug-likeness (QED) is 0.791. The lowest BCUT2D eigenvalue weighted by Gasteiger charge is -2.27. The van der Waals surface area contributed by atoms with Crippen molar-refractivity contribution in [3.05, 3.63) is 70.1 Å². The number of ether oxygens (including phenoxy) is 1. The zero-order valence-electron chi connectivity index (χ0n) is 12.6. The van der Waals surface area contributed by atoms with E-state index in [4.69, 9.17) is 16.2 Å². The first-order chi connectivity index (χ1) is 10.5. The van der Waals surface area contributed by atoms with Gasteiger partial charge in [-0.25, -0.2) is 0 Å². The van der Waals surface area contributed by atoms with Gasteiger partial charge in [0.2, 0.25) is 5.88 Å². The summed E-state index contributed by atoms with van der Waals surface area (Å²) in [5.41, 5.74) is 17.1. The van der Waals surface area contributed by atoms with Crippen LogP contribution in [0.2, 0.25) is 0 Å². The molecule has 22 heavy (non-hydrogen) atoms. The van der Waals surface area contributed by atoms with Gasteiger partial charge in [0.15, 0.2) is 0 Å². The molecular formula is C18H17N3O. The molecule has 3 rings (SSSR count). The molecule has 0 saturated heterocycles. The summed E-state index contributed by atoms with van der Waals surface area (Å²) in [6.45, 7) is 4.09. The van der Waals surface area contributed by atoms with Crippen LogP contribution in [0.25, 0.3) is 0 Å². The molecule has 1 aliphatic rings. The zero-order chi connectivity index (χ0) is 15.9. The molecular weight excluding hydrogens is 274 g/mol. The second kappa shape index (κ2) is 5.12. The normalized spacial score (nSPS) is 16.7. The van der Waals surface area contributed by atoms with E-state index in [9.17, 15) is 5.26 Å². The third-order valence-electron chi connectivity index (χ3n) is 3.98. The lowest BCUT2D eigenvalue weighted by molar-refractivity contribution is 0.394. The molecule has 0 fully saturated rings. The van der Waals surface area contributed by atoms with E-state index in [1.807, 2.05) is 38.1 Å². The number of aryl methyl sites for hydroxylation is 2. The van der Waals surface area contributed by atoms with E-state index < -0.39 is 0 Å². The Balaban J connectivity index is 2.26. The predicted octanol–water partition coefficient (Wildman–Crippen LogP) is 3.10. The maximum absolute atomic E-state index is 9.53. The standard InChI is InChI=1S/C18H17N3O/c1-10-3-5-13(11(2)7-10)17-14-6-4-12(20)8-16(14)22-18(21)15(17)9-19/h3-8,17H,20-21H2,1-2H3. The van der Waals surface area contributed by atoms with Gasteiger partial charge in [0.05, 0.1) is 5.92 Å². The first kappa shape index (κ1) is 14.0. The van der Waals surface area contributed by atoms with Crippen LogP contribution in [-0.4, -0.2) is 0 Å². The van der Waals surface area contributed by atoms with Crippen molar-refractivity contribution in [1.29, 1.82) is 5.26 Å². The van der Waals surface area contributed by atoms with Crippen LogP contribution < -0.4 is 16.2 Å². The van der Waals surface area contributed by atoms with Crippen LogP contribution in [0.3, 0.4) is 0 Å². The van der Waals surface area contributed by atoms with E-state index in [2.05, 4.69) is 12.1 Å². The van der Waals surface area contributed by atoms with Crippen LogP contribution in [-0.2, 0) is 0 Å². The van der Waals surface area contributed by atoms with Crippen molar-refractivity contribution in [2.45, 2.75) is 19.8 Å². The molecule has 0 spiro atoms. The average molecular weight is 291 g/mol. The number of anilines is 1. The highest BCUT2D eigenvalue weighted by Crippen LogP contribution is 2.43. The molecule has 1 aliphatic heterocycles. The lowest BCUT2D eigenvalue weighted by Crippen LogP contribution is -2.21. The van der Waals surface area contributed by atoms with Crippen molar-refractivity contribution in [1.82, 2.24) is 0 Å². The average Bonchev–Trinajstić information content (AvgIpc) is 2.46. The van der Waals surface area contributed by atoms with Crippen LogP contribution in [0.5, 0.6) is 5.75 Å². The smallest absolute Gasteiger partial charge is 0.205 e. The van der Waals surface area contributed by atoms with Gasteiger partial charge in [-0.05, 0) is 31.0 Å². The fourth-order valence-electron chi connectivity index (χ4n) is 2.94. The minimum Gasteiger partial charge on any atom is -0.440 e. The van der Waals surface area contributed by atoms with Gasteiger partial charge in [-0.1, -0.05) is 29.8 Å². The van der Waals surface area contributed by atoms with Gasteiger partial charge in [0.25, 0.3) is 0 Å². The van der Waals surface area contributed by atoms with Crippen LogP contribution in [0, 0.1) is 25.2 Å². The van der Waals surface area contributed by atoms with E-state index in [1.54, 1.807) is 6.07 Å². The van der Waals surface area contributed by atoms with Crippen LogP contribution >= 0.6 is 0 Å². The van der Waals surface area contributed by atoms with Crippen LogP contribution in [0.1, 0.15) is 28.2 Å². The van der Waals surface area contributed by atoms with Crippen molar-refractivity contribution in [2.24, 2.45) is 5.73 Å². The molecule has 0 amide bonds. The molecule has 0 bridgehead atoms. The Hall–Kier alpha value is -2.93. The van der Waals surface area contributed by atoms with Crippen molar-refractivity contribution >= 4 is 5.69 Å². The molecule has 1 unspecified atom stereocenters. The van der Waals surface area contributed by atoms with E-state index in [0.717, 1.165) is 16.7 Å². The SMILES string of the molecule is Cc1ccc(C2C(C#N)=C(N)Oc3cc(N)ccc32)c(C)c1. The summed E-state index contributed by atoms with van der Waals surface area (Å²) < 4.78 is 5.59. The van der Waals surface area contributed by atoms with E-state index >= 15 is 0 Å². The second-order valence-electron chi connectivity index (χ2n) is 5.58. The summed E-state index contributed by atoms with van der Waals surface area (Å²) >= 11 is 0.